The van der Waals surface area contributed by atoms with E-state index in [0.29, 0.717) is 12.5 Å². The maximum atomic E-state index is 12.7. The van der Waals surface area contributed by atoms with Crippen molar-refractivity contribution in [1.82, 2.24) is 5.32 Å². The Morgan fingerprint density at radius 1 is 1.39 bits per heavy atom. The first-order chi connectivity index (χ1) is 8.37. The third-order valence-corrected chi connectivity index (χ3v) is 4.49. The highest BCUT2D eigenvalue weighted by atomic mass is 16.2. The molecule has 0 aliphatic heterocycles. The minimum absolute atomic E-state index is 0.125. The molecule has 0 heterocycles. The first kappa shape index (κ1) is 15.5. The lowest BCUT2D eigenvalue weighted by molar-refractivity contribution is -0.133. The summed E-state index contributed by atoms with van der Waals surface area (Å²) in [6.45, 7) is 9.04. The number of hydrogen-bond donors (Lipinski definition) is 2. The second-order valence-corrected chi connectivity index (χ2v) is 6.66. The lowest BCUT2D eigenvalue weighted by Gasteiger charge is -2.36. The Balaban J connectivity index is 2.78. The van der Waals surface area contributed by atoms with Crippen LogP contribution in [-0.2, 0) is 4.79 Å². The molecule has 1 unspecified atom stereocenters. The summed E-state index contributed by atoms with van der Waals surface area (Å²) >= 11 is 0. The summed E-state index contributed by atoms with van der Waals surface area (Å²) in [5, 5.41) is 3.22. The van der Waals surface area contributed by atoms with Crippen LogP contribution in [-0.4, -0.2) is 18.0 Å². The summed E-state index contributed by atoms with van der Waals surface area (Å²) in [5.41, 5.74) is 5.42. The van der Waals surface area contributed by atoms with Gasteiger partial charge in [-0.3, -0.25) is 4.79 Å². The molecule has 1 aliphatic carbocycles. The van der Waals surface area contributed by atoms with Crippen LogP contribution in [0.4, 0.5) is 0 Å². The van der Waals surface area contributed by atoms with Crippen molar-refractivity contribution in [2.45, 2.75) is 71.8 Å². The second kappa shape index (κ2) is 6.05. The van der Waals surface area contributed by atoms with Gasteiger partial charge in [0.1, 0.15) is 0 Å². The average molecular weight is 254 g/mol. The van der Waals surface area contributed by atoms with Gasteiger partial charge in [0.05, 0.1) is 0 Å². The van der Waals surface area contributed by atoms with Gasteiger partial charge < -0.3 is 11.1 Å². The fraction of sp³-hybridized carbons (Fsp3) is 0.933. The molecular weight excluding hydrogens is 224 g/mol. The van der Waals surface area contributed by atoms with Gasteiger partial charge >= 0.3 is 0 Å². The summed E-state index contributed by atoms with van der Waals surface area (Å²) in [4.78, 5) is 12.7. The van der Waals surface area contributed by atoms with Crippen LogP contribution < -0.4 is 11.1 Å². The molecule has 18 heavy (non-hydrogen) atoms. The van der Waals surface area contributed by atoms with Gasteiger partial charge in [-0.25, -0.2) is 0 Å². The van der Waals surface area contributed by atoms with Crippen molar-refractivity contribution in [2.24, 2.45) is 17.1 Å². The summed E-state index contributed by atoms with van der Waals surface area (Å²) in [5.74, 6) is 0.808. The van der Waals surface area contributed by atoms with E-state index in [0.717, 1.165) is 25.7 Å². The molecule has 0 spiro atoms. The van der Waals surface area contributed by atoms with Gasteiger partial charge in [-0.1, -0.05) is 33.6 Å². The minimum Gasteiger partial charge on any atom is -0.349 e. The second-order valence-electron chi connectivity index (χ2n) is 6.66. The Morgan fingerprint density at radius 2 is 1.94 bits per heavy atom. The molecule has 3 nitrogen and oxygen atoms in total. The first-order valence-corrected chi connectivity index (χ1v) is 7.40. The quantitative estimate of drug-likeness (QED) is 0.766. The third-order valence-electron chi connectivity index (χ3n) is 4.49. The van der Waals surface area contributed by atoms with E-state index in [1.54, 1.807) is 0 Å². The van der Waals surface area contributed by atoms with Gasteiger partial charge in [0, 0.05) is 17.5 Å². The van der Waals surface area contributed by atoms with Crippen LogP contribution in [0.3, 0.4) is 0 Å². The average Bonchev–Trinajstić information content (AvgIpc) is 2.77. The number of rotatable bonds is 6. The highest BCUT2D eigenvalue weighted by Gasteiger charge is 2.43. The van der Waals surface area contributed by atoms with E-state index in [1.165, 1.54) is 12.8 Å². The highest BCUT2D eigenvalue weighted by Crippen LogP contribution is 2.43. The van der Waals surface area contributed by atoms with E-state index >= 15 is 0 Å². The summed E-state index contributed by atoms with van der Waals surface area (Å²) in [6.07, 6.45) is 6.34. The van der Waals surface area contributed by atoms with Crippen molar-refractivity contribution in [3.8, 4) is 0 Å². The molecule has 1 rings (SSSR count). The number of amides is 1. The third kappa shape index (κ3) is 3.47. The van der Waals surface area contributed by atoms with Gasteiger partial charge in [0.15, 0.2) is 0 Å². The van der Waals surface area contributed by atoms with E-state index < -0.39 is 0 Å². The van der Waals surface area contributed by atoms with Crippen LogP contribution in [0.1, 0.15) is 66.2 Å². The minimum atomic E-state index is -0.246. The Hall–Kier alpha value is -0.570. The van der Waals surface area contributed by atoms with Crippen LogP contribution in [0.25, 0.3) is 0 Å². The van der Waals surface area contributed by atoms with E-state index in [-0.39, 0.29) is 16.9 Å². The van der Waals surface area contributed by atoms with Crippen LogP contribution in [0.2, 0.25) is 0 Å². The van der Waals surface area contributed by atoms with Gasteiger partial charge in [0.25, 0.3) is 0 Å². The monoisotopic (exact) mass is 254 g/mol. The lowest BCUT2D eigenvalue weighted by atomic mass is 9.77. The molecule has 3 N–H and O–H groups in total. The van der Waals surface area contributed by atoms with Crippen LogP contribution in [0.15, 0.2) is 0 Å². The van der Waals surface area contributed by atoms with Crippen molar-refractivity contribution in [1.29, 1.82) is 0 Å². The Bertz CT molecular complexity index is 276. The van der Waals surface area contributed by atoms with Gasteiger partial charge in [0.2, 0.25) is 5.91 Å². The molecule has 1 atom stereocenters. The maximum absolute atomic E-state index is 12.7. The SMILES string of the molecule is CCC(C)(CN)NC(=O)C1(CC(C)C)CCCC1. The molecule has 0 radical (unpaired) electrons. The standard InChI is InChI=1S/C15H30N2O/c1-5-14(4,11-16)17-13(18)15(10-12(2)3)8-6-7-9-15/h12H,5-11,16H2,1-4H3,(H,17,18). The van der Waals surface area contributed by atoms with Crippen LogP contribution in [0.5, 0.6) is 0 Å². The predicted octanol–water partition coefficient (Wildman–Crippen LogP) is 2.84. The Labute approximate surface area is 112 Å². The van der Waals surface area contributed by atoms with Gasteiger partial charge in [-0.2, -0.15) is 0 Å². The fourth-order valence-electron chi connectivity index (χ4n) is 3.05. The molecule has 1 saturated carbocycles. The van der Waals surface area contributed by atoms with Gasteiger partial charge in [-0.15, -0.1) is 0 Å². The molecule has 3 heteroatoms. The van der Waals surface area contributed by atoms with Crippen molar-refractivity contribution >= 4 is 5.91 Å². The summed E-state index contributed by atoms with van der Waals surface area (Å²) in [7, 11) is 0. The van der Waals surface area contributed by atoms with E-state index in [9.17, 15) is 4.79 Å². The van der Waals surface area contributed by atoms with Crippen molar-refractivity contribution in [2.75, 3.05) is 6.54 Å². The molecule has 0 aromatic rings. The van der Waals surface area contributed by atoms with Crippen molar-refractivity contribution in [3.05, 3.63) is 0 Å². The zero-order chi connectivity index (χ0) is 13.8. The fourth-order valence-corrected chi connectivity index (χ4v) is 3.05. The molecule has 0 aromatic carbocycles. The molecule has 0 saturated heterocycles. The number of nitrogens with one attached hydrogen (secondary N) is 1. The van der Waals surface area contributed by atoms with E-state index in [4.69, 9.17) is 5.73 Å². The number of hydrogen-bond acceptors (Lipinski definition) is 2. The summed E-state index contributed by atoms with van der Waals surface area (Å²) < 4.78 is 0. The van der Waals surface area contributed by atoms with Crippen molar-refractivity contribution in [3.63, 3.8) is 0 Å². The lowest BCUT2D eigenvalue weighted by Crippen LogP contribution is -2.55. The largest absolute Gasteiger partial charge is 0.349 e. The van der Waals surface area contributed by atoms with E-state index in [1.807, 2.05) is 6.92 Å². The highest BCUT2D eigenvalue weighted by molar-refractivity contribution is 5.83. The van der Waals surface area contributed by atoms with Crippen LogP contribution >= 0.6 is 0 Å². The molecular formula is C15H30N2O. The smallest absolute Gasteiger partial charge is 0.226 e. The maximum Gasteiger partial charge on any atom is 0.226 e. The molecule has 1 fully saturated rings. The number of carbonyl (C=O) groups excluding carboxylic acids is 1. The molecule has 106 valence electrons. The molecule has 0 bridgehead atoms. The van der Waals surface area contributed by atoms with Gasteiger partial charge in [-0.05, 0) is 38.5 Å². The zero-order valence-corrected chi connectivity index (χ0v) is 12.5. The van der Waals surface area contributed by atoms with E-state index in [2.05, 4.69) is 26.1 Å². The Kier molecular flexibility index (Phi) is 5.20. The summed E-state index contributed by atoms with van der Waals surface area (Å²) in [6, 6.07) is 0. The molecule has 1 amide bonds. The Morgan fingerprint density at radius 3 is 2.33 bits per heavy atom. The zero-order valence-electron chi connectivity index (χ0n) is 12.5. The first-order valence-electron chi connectivity index (χ1n) is 7.40. The predicted molar refractivity (Wildman–Crippen MR) is 76.2 cm³/mol. The normalized spacial score (nSPS) is 21.9. The molecule has 0 aromatic heterocycles. The number of carbonyl (C=O) groups is 1. The number of nitrogens with two attached hydrogens (primary N) is 1. The van der Waals surface area contributed by atoms with Crippen LogP contribution in [0, 0.1) is 11.3 Å². The van der Waals surface area contributed by atoms with Crippen molar-refractivity contribution < 1.29 is 4.79 Å². The molecule has 1 aliphatic rings. The topological polar surface area (TPSA) is 55.1 Å².